The number of hydrogen-bond acceptors (Lipinski definition) is 3. The van der Waals surface area contributed by atoms with Crippen LogP contribution >= 0.6 is 0 Å². The van der Waals surface area contributed by atoms with Gasteiger partial charge in [0.05, 0.1) is 12.6 Å². The van der Waals surface area contributed by atoms with Crippen molar-refractivity contribution in [3.8, 4) is 0 Å². The fourth-order valence-corrected chi connectivity index (χ4v) is 2.36. The Hall–Kier alpha value is -1.88. The maximum Gasteiger partial charge on any atom is 0.241 e. The number of carbonyl (C=O) groups is 2. The first-order chi connectivity index (χ1) is 10.2. The van der Waals surface area contributed by atoms with Crippen LogP contribution in [0.5, 0.6) is 0 Å². The van der Waals surface area contributed by atoms with Crippen LogP contribution < -0.4 is 10.6 Å². The van der Waals surface area contributed by atoms with Crippen molar-refractivity contribution in [1.82, 2.24) is 10.2 Å². The molecule has 1 aliphatic heterocycles. The molecule has 1 saturated heterocycles. The van der Waals surface area contributed by atoms with Gasteiger partial charge in [0.2, 0.25) is 11.8 Å². The molecule has 0 bridgehead atoms. The van der Waals surface area contributed by atoms with Crippen LogP contribution in [0.3, 0.4) is 0 Å². The van der Waals surface area contributed by atoms with Gasteiger partial charge in [-0.3, -0.25) is 14.9 Å². The van der Waals surface area contributed by atoms with Gasteiger partial charge in [0.25, 0.3) is 0 Å². The summed E-state index contributed by atoms with van der Waals surface area (Å²) in [6.07, 6.45) is 3.36. The van der Waals surface area contributed by atoms with Crippen LogP contribution in [0.15, 0.2) is 30.3 Å². The van der Waals surface area contributed by atoms with E-state index in [0.29, 0.717) is 0 Å². The minimum Gasteiger partial charge on any atom is -0.342 e. The zero-order valence-corrected chi connectivity index (χ0v) is 12.5. The van der Waals surface area contributed by atoms with Gasteiger partial charge < -0.3 is 10.2 Å². The van der Waals surface area contributed by atoms with Crippen molar-refractivity contribution in [1.29, 1.82) is 0 Å². The molecule has 1 fully saturated rings. The highest BCUT2D eigenvalue weighted by molar-refractivity contribution is 5.94. The molecule has 1 aromatic rings. The Morgan fingerprint density at radius 2 is 1.81 bits per heavy atom. The van der Waals surface area contributed by atoms with Crippen molar-refractivity contribution in [3.05, 3.63) is 30.3 Å². The van der Waals surface area contributed by atoms with Gasteiger partial charge >= 0.3 is 0 Å². The lowest BCUT2D eigenvalue weighted by atomic mass is 10.1. The third-order valence-electron chi connectivity index (χ3n) is 3.70. The van der Waals surface area contributed by atoms with E-state index in [2.05, 4.69) is 10.6 Å². The first-order valence-corrected chi connectivity index (χ1v) is 7.54. The topological polar surface area (TPSA) is 61.4 Å². The molecule has 0 aromatic heterocycles. The van der Waals surface area contributed by atoms with Crippen LogP contribution in [-0.4, -0.2) is 42.4 Å². The maximum atomic E-state index is 12.0. The second-order valence-corrected chi connectivity index (χ2v) is 5.40. The highest BCUT2D eigenvalue weighted by atomic mass is 16.2. The van der Waals surface area contributed by atoms with Gasteiger partial charge in [-0.05, 0) is 38.3 Å². The molecule has 1 atom stereocenters. The summed E-state index contributed by atoms with van der Waals surface area (Å²) in [4.78, 5) is 25.9. The lowest BCUT2D eigenvalue weighted by molar-refractivity contribution is -0.131. The first kappa shape index (κ1) is 15.5. The van der Waals surface area contributed by atoms with E-state index >= 15 is 0 Å². The van der Waals surface area contributed by atoms with Crippen LogP contribution in [0.4, 0.5) is 5.69 Å². The number of anilines is 1. The predicted octanol–water partition coefficient (Wildman–Crippen LogP) is 1.62. The van der Waals surface area contributed by atoms with Gasteiger partial charge in [0.15, 0.2) is 0 Å². The number of likely N-dealkylation sites (tertiary alicyclic amines) is 1. The van der Waals surface area contributed by atoms with Gasteiger partial charge in [0, 0.05) is 18.8 Å². The van der Waals surface area contributed by atoms with Crippen molar-refractivity contribution < 1.29 is 9.59 Å². The largest absolute Gasteiger partial charge is 0.342 e. The van der Waals surface area contributed by atoms with E-state index in [9.17, 15) is 9.59 Å². The molecule has 1 heterocycles. The van der Waals surface area contributed by atoms with Gasteiger partial charge in [-0.15, -0.1) is 0 Å². The van der Waals surface area contributed by atoms with Crippen LogP contribution in [0.25, 0.3) is 0 Å². The zero-order chi connectivity index (χ0) is 15.1. The number of hydrogen-bond donors (Lipinski definition) is 2. The minimum absolute atomic E-state index is 0.0778. The molecule has 2 amide bonds. The molecule has 1 aromatic carbocycles. The SMILES string of the molecule is CC(NCC(=O)N1CCCCC1)C(=O)Nc1ccccc1. The van der Waals surface area contributed by atoms with Crippen LogP contribution in [0.2, 0.25) is 0 Å². The number of carbonyl (C=O) groups excluding carboxylic acids is 2. The summed E-state index contributed by atoms with van der Waals surface area (Å²) in [6, 6.07) is 8.90. The number of para-hydroxylation sites is 1. The number of rotatable bonds is 5. The molecular weight excluding hydrogens is 266 g/mol. The minimum atomic E-state index is -0.404. The Balaban J connectivity index is 1.74. The first-order valence-electron chi connectivity index (χ1n) is 7.54. The molecule has 0 spiro atoms. The molecule has 5 nitrogen and oxygen atoms in total. The second-order valence-electron chi connectivity index (χ2n) is 5.40. The Bertz CT molecular complexity index is 470. The second kappa shape index (κ2) is 7.78. The maximum absolute atomic E-state index is 12.0. The smallest absolute Gasteiger partial charge is 0.241 e. The Morgan fingerprint density at radius 3 is 2.48 bits per heavy atom. The number of nitrogens with one attached hydrogen (secondary N) is 2. The number of amides is 2. The molecule has 2 N–H and O–H groups in total. The fourth-order valence-electron chi connectivity index (χ4n) is 2.36. The van der Waals surface area contributed by atoms with E-state index in [1.165, 1.54) is 6.42 Å². The van der Waals surface area contributed by atoms with Crippen molar-refractivity contribution in [2.24, 2.45) is 0 Å². The number of nitrogens with zero attached hydrogens (tertiary/aromatic N) is 1. The molecule has 0 radical (unpaired) electrons. The standard InChI is InChI=1S/C16H23N3O2/c1-13(16(21)18-14-8-4-2-5-9-14)17-12-15(20)19-10-6-3-7-11-19/h2,4-5,8-9,13,17H,3,6-7,10-12H2,1H3,(H,18,21). The van der Waals surface area contributed by atoms with Crippen LogP contribution in [0.1, 0.15) is 26.2 Å². The summed E-state index contributed by atoms with van der Waals surface area (Å²) >= 11 is 0. The van der Waals surface area contributed by atoms with E-state index in [0.717, 1.165) is 31.6 Å². The van der Waals surface area contributed by atoms with Gasteiger partial charge in [-0.25, -0.2) is 0 Å². The summed E-state index contributed by atoms with van der Waals surface area (Å²) in [5.41, 5.74) is 0.763. The molecule has 0 saturated carbocycles. The third-order valence-corrected chi connectivity index (χ3v) is 3.70. The average molecular weight is 289 g/mol. The van der Waals surface area contributed by atoms with E-state index < -0.39 is 6.04 Å². The summed E-state index contributed by atoms with van der Waals surface area (Å²) in [5.74, 6) is -0.0540. The quantitative estimate of drug-likeness (QED) is 0.866. The summed E-state index contributed by atoms with van der Waals surface area (Å²) in [6.45, 7) is 3.65. The van der Waals surface area contributed by atoms with E-state index in [-0.39, 0.29) is 18.4 Å². The lowest BCUT2D eigenvalue weighted by Crippen LogP contribution is -2.46. The number of benzene rings is 1. The van der Waals surface area contributed by atoms with Crippen LogP contribution in [0, 0.1) is 0 Å². The monoisotopic (exact) mass is 289 g/mol. The Kier molecular flexibility index (Phi) is 5.75. The third kappa shape index (κ3) is 4.86. The van der Waals surface area contributed by atoms with Crippen molar-refractivity contribution in [2.75, 3.05) is 25.0 Å². The van der Waals surface area contributed by atoms with Gasteiger partial charge in [-0.2, -0.15) is 0 Å². The average Bonchev–Trinajstić information content (AvgIpc) is 2.54. The molecule has 1 unspecified atom stereocenters. The summed E-state index contributed by atoms with van der Waals surface area (Å²) in [7, 11) is 0. The van der Waals surface area contributed by atoms with Crippen LogP contribution in [-0.2, 0) is 9.59 Å². The summed E-state index contributed by atoms with van der Waals surface area (Å²) < 4.78 is 0. The summed E-state index contributed by atoms with van der Waals surface area (Å²) in [5, 5.41) is 5.82. The Morgan fingerprint density at radius 1 is 1.14 bits per heavy atom. The van der Waals surface area contributed by atoms with Gasteiger partial charge in [-0.1, -0.05) is 18.2 Å². The molecule has 21 heavy (non-hydrogen) atoms. The normalized spacial score (nSPS) is 16.3. The molecule has 0 aliphatic carbocycles. The predicted molar refractivity (Wildman–Crippen MR) is 83.0 cm³/mol. The van der Waals surface area contributed by atoms with E-state index in [1.54, 1.807) is 6.92 Å². The van der Waals surface area contributed by atoms with Crippen molar-refractivity contribution in [2.45, 2.75) is 32.2 Å². The molecule has 1 aliphatic rings. The molecule has 114 valence electrons. The van der Waals surface area contributed by atoms with Crippen molar-refractivity contribution >= 4 is 17.5 Å². The number of piperidine rings is 1. The Labute approximate surface area is 125 Å². The molecular formula is C16H23N3O2. The zero-order valence-electron chi connectivity index (χ0n) is 12.5. The van der Waals surface area contributed by atoms with Crippen molar-refractivity contribution in [3.63, 3.8) is 0 Å². The fraction of sp³-hybridized carbons (Fsp3) is 0.500. The molecule has 2 rings (SSSR count). The highest BCUT2D eigenvalue weighted by Gasteiger charge is 2.18. The lowest BCUT2D eigenvalue weighted by Gasteiger charge is -2.27. The molecule has 5 heteroatoms. The van der Waals surface area contributed by atoms with E-state index in [4.69, 9.17) is 0 Å². The van der Waals surface area contributed by atoms with E-state index in [1.807, 2.05) is 35.2 Å². The van der Waals surface area contributed by atoms with Gasteiger partial charge in [0.1, 0.15) is 0 Å². The highest BCUT2D eigenvalue weighted by Crippen LogP contribution is 2.08.